The van der Waals surface area contributed by atoms with E-state index in [1.165, 1.54) is 0 Å². The van der Waals surface area contributed by atoms with Crippen LogP contribution in [0.15, 0.2) is 36.5 Å². The molecule has 2 aromatic rings. The first-order valence-electron chi connectivity index (χ1n) is 10.5. The molecule has 1 aliphatic heterocycles. The van der Waals surface area contributed by atoms with Gasteiger partial charge >= 0.3 is 12.1 Å². The molecule has 31 heavy (non-hydrogen) atoms. The average molecular weight is 446 g/mol. The van der Waals surface area contributed by atoms with Crippen molar-refractivity contribution in [3.63, 3.8) is 0 Å². The van der Waals surface area contributed by atoms with Crippen LogP contribution in [0.3, 0.4) is 0 Å². The molecule has 2 atom stereocenters. The molecule has 1 amide bonds. The standard InChI is InChI=1S/C23H28ClN3O4/c1-5-30-21(28)17-11-6-10-16(26-17)18-12-7-13-19(20-15(24)9-8-14-25-20)27(18)22(29)31-23(2,3)4/h6,8-11,14,18-19H,5,7,12-13H2,1-4H3/t18-,19+/m1/s1. The molecule has 0 spiro atoms. The van der Waals surface area contributed by atoms with Crippen LogP contribution in [-0.2, 0) is 9.47 Å². The van der Waals surface area contributed by atoms with Crippen LogP contribution in [0.25, 0.3) is 0 Å². The zero-order valence-electron chi connectivity index (χ0n) is 18.3. The molecule has 2 aromatic heterocycles. The highest BCUT2D eigenvalue weighted by Crippen LogP contribution is 2.43. The van der Waals surface area contributed by atoms with Crippen molar-refractivity contribution < 1.29 is 19.1 Å². The van der Waals surface area contributed by atoms with Crippen LogP contribution in [0, 0.1) is 0 Å². The van der Waals surface area contributed by atoms with Gasteiger partial charge in [0, 0.05) is 6.20 Å². The monoisotopic (exact) mass is 445 g/mol. The maximum absolute atomic E-state index is 13.3. The number of carbonyl (C=O) groups is 2. The van der Waals surface area contributed by atoms with E-state index in [1.54, 1.807) is 42.3 Å². The highest BCUT2D eigenvalue weighted by atomic mass is 35.5. The van der Waals surface area contributed by atoms with E-state index < -0.39 is 17.7 Å². The van der Waals surface area contributed by atoms with Crippen LogP contribution in [0.1, 0.15) is 80.9 Å². The van der Waals surface area contributed by atoms with Gasteiger partial charge in [0.05, 0.1) is 35.1 Å². The minimum Gasteiger partial charge on any atom is -0.461 e. The average Bonchev–Trinajstić information content (AvgIpc) is 2.72. The number of hydrogen-bond acceptors (Lipinski definition) is 6. The van der Waals surface area contributed by atoms with E-state index >= 15 is 0 Å². The van der Waals surface area contributed by atoms with Gasteiger partial charge in [-0.3, -0.25) is 9.88 Å². The number of ether oxygens (including phenoxy) is 2. The van der Waals surface area contributed by atoms with Crippen LogP contribution in [0.4, 0.5) is 4.79 Å². The molecule has 3 rings (SSSR count). The molecule has 7 nitrogen and oxygen atoms in total. The Bertz CT molecular complexity index is 944. The minimum atomic E-state index is -0.669. The number of hydrogen-bond donors (Lipinski definition) is 0. The second-order valence-corrected chi connectivity index (χ2v) is 8.80. The largest absolute Gasteiger partial charge is 0.461 e. The number of rotatable bonds is 4. The van der Waals surface area contributed by atoms with Gasteiger partial charge < -0.3 is 9.47 Å². The number of esters is 1. The van der Waals surface area contributed by atoms with Crippen LogP contribution < -0.4 is 0 Å². The lowest BCUT2D eigenvalue weighted by Crippen LogP contribution is -2.44. The second-order valence-electron chi connectivity index (χ2n) is 8.39. The van der Waals surface area contributed by atoms with E-state index in [2.05, 4.69) is 9.97 Å². The summed E-state index contributed by atoms with van der Waals surface area (Å²) < 4.78 is 10.8. The number of pyridine rings is 2. The number of likely N-dealkylation sites (tertiary alicyclic amines) is 1. The number of nitrogens with zero attached hydrogens (tertiary/aromatic N) is 3. The van der Waals surface area contributed by atoms with Gasteiger partial charge in [-0.15, -0.1) is 0 Å². The Morgan fingerprint density at radius 2 is 1.90 bits per heavy atom. The molecule has 0 unspecified atom stereocenters. The van der Waals surface area contributed by atoms with E-state index in [0.717, 1.165) is 6.42 Å². The van der Waals surface area contributed by atoms with Crippen molar-refractivity contribution in [2.24, 2.45) is 0 Å². The zero-order valence-corrected chi connectivity index (χ0v) is 19.1. The topological polar surface area (TPSA) is 81.6 Å². The van der Waals surface area contributed by atoms with Gasteiger partial charge in [0.25, 0.3) is 0 Å². The fourth-order valence-corrected chi connectivity index (χ4v) is 3.97. The Labute approximate surface area is 187 Å². The Balaban J connectivity index is 2.03. The summed E-state index contributed by atoms with van der Waals surface area (Å²) in [6.07, 6.45) is 3.42. The third-order valence-electron chi connectivity index (χ3n) is 4.93. The van der Waals surface area contributed by atoms with Gasteiger partial charge in [-0.25, -0.2) is 14.6 Å². The van der Waals surface area contributed by atoms with E-state index in [0.29, 0.717) is 29.3 Å². The molecule has 3 heterocycles. The molecule has 1 saturated heterocycles. The molecule has 8 heteroatoms. The molecular weight excluding hydrogens is 418 g/mol. The molecule has 0 aliphatic carbocycles. The lowest BCUT2D eigenvalue weighted by Gasteiger charge is -2.42. The molecule has 0 aromatic carbocycles. The normalized spacial score (nSPS) is 19.1. The Hall–Kier alpha value is -2.67. The maximum atomic E-state index is 13.3. The summed E-state index contributed by atoms with van der Waals surface area (Å²) in [6, 6.07) is 7.94. The smallest absolute Gasteiger partial charge is 0.411 e. The maximum Gasteiger partial charge on any atom is 0.411 e. The Kier molecular flexibility index (Phi) is 7.15. The van der Waals surface area contributed by atoms with Gasteiger partial charge in [-0.05, 0) is 71.2 Å². The van der Waals surface area contributed by atoms with Crippen LogP contribution in [-0.4, -0.2) is 39.1 Å². The summed E-state index contributed by atoms with van der Waals surface area (Å²) in [7, 11) is 0. The van der Waals surface area contributed by atoms with Crippen molar-refractivity contribution in [2.75, 3.05) is 6.61 Å². The zero-order chi connectivity index (χ0) is 22.6. The summed E-state index contributed by atoms with van der Waals surface area (Å²) in [4.78, 5) is 36.2. The molecule has 0 radical (unpaired) electrons. The van der Waals surface area contributed by atoms with Crippen molar-refractivity contribution in [1.29, 1.82) is 0 Å². The summed E-state index contributed by atoms with van der Waals surface area (Å²) in [6.45, 7) is 7.48. The summed E-state index contributed by atoms with van der Waals surface area (Å²) in [5.74, 6) is -0.492. The molecule has 0 bridgehead atoms. The highest BCUT2D eigenvalue weighted by molar-refractivity contribution is 6.31. The lowest BCUT2D eigenvalue weighted by molar-refractivity contribution is -0.00793. The van der Waals surface area contributed by atoms with Gasteiger partial charge in [0.15, 0.2) is 0 Å². The molecule has 1 fully saturated rings. The summed E-state index contributed by atoms with van der Waals surface area (Å²) in [5, 5.41) is 0.495. The quantitative estimate of drug-likeness (QED) is 0.577. The van der Waals surface area contributed by atoms with Crippen LogP contribution >= 0.6 is 11.6 Å². The van der Waals surface area contributed by atoms with Crippen molar-refractivity contribution in [1.82, 2.24) is 14.9 Å². The third-order valence-corrected chi connectivity index (χ3v) is 5.25. The first-order chi connectivity index (χ1) is 14.7. The van der Waals surface area contributed by atoms with Crippen molar-refractivity contribution in [3.05, 3.63) is 58.6 Å². The summed E-state index contributed by atoms with van der Waals surface area (Å²) in [5.41, 5.74) is 0.772. The van der Waals surface area contributed by atoms with Gasteiger partial charge in [0.2, 0.25) is 0 Å². The highest BCUT2D eigenvalue weighted by Gasteiger charge is 2.40. The fourth-order valence-electron chi connectivity index (χ4n) is 3.73. The van der Waals surface area contributed by atoms with E-state index in [-0.39, 0.29) is 24.4 Å². The lowest BCUT2D eigenvalue weighted by atomic mass is 9.91. The van der Waals surface area contributed by atoms with Gasteiger partial charge in [-0.1, -0.05) is 17.7 Å². The van der Waals surface area contributed by atoms with Crippen molar-refractivity contribution in [3.8, 4) is 0 Å². The number of aromatic nitrogens is 2. The molecule has 0 saturated carbocycles. The van der Waals surface area contributed by atoms with Crippen molar-refractivity contribution in [2.45, 2.75) is 64.6 Å². The molecular formula is C23H28ClN3O4. The predicted molar refractivity (Wildman–Crippen MR) is 117 cm³/mol. The summed E-state index contributed by atoms with van der Waals surface area (Å²) >= 11 is 6.44. The number of piperidine rings is 1. The first kappa shape index (κ1) is 23.0. The van der Waals surface area contributed by atoms with E-state index in [1.807, 2.05) is 26.8 Å². The number of carbonyl (C=O) groups excluding carboxylic acids is 2. The van der Waals surface area contributed by atoms with Gasteiger partial charge in [0.1, 0.15) is 11.3 Å². The second kappa shape index (κ2) is 9.64. The SMILES string of the molecule is CCOC(=O)c1cccc([C@H]2CCC[C@@H](c3ncccc3Cl)N2C(=O)OC(C)(C)C)n1. The Morgan fingerprint density at radius 3 is 2.58 bits per heavy atom. The third kappa shape index (κ3) is 5.53. The number of amides is 1. The molecule has 166 valence electrons. The molecule has 1 aliphatic rings. The number of halogens is 1. The predicted octanol–water partition coefficient (Wildman–Crippen LogP) is 5.51. The van der Waals surface area contributed by atoms with Gasteiger partial charge in [-0.2, -0.15) is 0 Å². The van der Waals surface area contributed by atoms with E-state index in [4.69, 9.17) is 21.1 Å². The molecule has 0 N–H and O–H groups in total. The van der Waals surface area contributed by atoms with Crippen LogP contribution in [0.5, 0.6) is 0 Å². The van der Waals surface area contributed by atoms with E-state index in [9.17, 15) is 9.59 Å². The Morgan fingerprint density at radius 1 is 1.16 bits per heavy atom. The van der Waals surface area contributed by atoms with Crippen molar-refractivity contribution >= 4 is 23.7 Å². The fraction of sp³-hybridized carbons (Fsp3) is 0.478. The minimum absolute atomic E-state index is 0.210. The van der Waals surface area contributed by atoms with Crippen LogP contribution in [0.2, 0.25) is 5.02 Å². The first-order valence-corrected chi connectivity index (χ1v) is 10.8.